The number of carbonyl (C=O) groups excluding carboxylic acids is 1. The van der Waals surface area contributed by atoms with Gasteiger partial charge in [-0.25, -0.2) is 0 Å². The molecule has 0 aliphatic carbocycles. The molecule has 2 aliphatic heterocycles. The van der Waals surface area contributed by atoms with E-state index in [9.17, 15) is 4.79 Å². The topological polar surface area (TPSA) is 58.1 Å². The number of piperidine rings is 1. The van der Waals surface area contributed by atoms with Gasteiger partial charge in [0.2, 0.25) is 0 Å². The zero-order chi connectivity index (χ0) is 13.1. The van der Waals surface area contributed by atoms with Crippen LogP contribution in [-0.4, -0.2) is 46.2 Å². The molecule has 0 saturated carbocycles. The average Bonchev–Trinajstić information content (AvgIpc) is 3.01. The molecule has 102 valence electrons. The van der Waals surface area contributed by atoms with E-state index in [1.807, 2.05) is 4.90 Å². The molecular weight excluding hydrogens is 240 g/mol. The van der Waals surface area contributed by atoms with Gasteiger partial charge in [0.25, 0.3) is 5.91 Å². The van der Waals surface area contributed by atoms with Crippen LogP contribution < -0.4 is 5.32 Å². The maximum atomic E-state index is 12.6. The highest BCUT2D eigenvalue weighted by molar-refractivity contribution is 5.94. The summed E-state index contributed by atoms with van der Waals surface area (Å²) in [5.41, 5.74) is 0.653. The average molecular weight is 260 g/mol. The van der Waals surface area contributed by atoms with Crippen molar-refractivity contribution in [1.29, 1.82) is 0 Å². The van der Waals surface area contributed by atoms with E-state index in [1.165, 1.54) is 19.3 Å². The molecule has 2 saturated heterocycles. The molecule has 0 spiro atoms. The number of carbonyl (C=O) groups is 1. The van der Waals surface area contributed by atoms with E-state index in [-0.39, 0.29) is 5.91 Å². The van der Waals surface area contributed by atoms with Gasteiger partial charge in [0, 0.05) is 18.6 Å². The van der Waals surface area contributed by atoms with E-state index in [1.54, 1.807) is 18.5 Å². The molecule has 19 heavy (non-hydrogen) atoms. The number of nitrogens with zero attached hydrogens (tertiary/aromatic N) is 3. The largest absolute Gasteiger partial charge is 0.334 e. The van der Waals surface area contributed by atoms with Gasteiger partial charge < -0.3 is 10.2 Å². The number of hydrogen-bond donors (Lipinski definition) is 1. The summed E-state index contributed by atoms with van der Waals surface area (Å²) < 4.78 is 0. The number of amides is 1. The third-order valence-electron chi connectivity index (χ3n) is 4.20. The maximum absolute atomic E-state index is 12.6. The molecular formula is C14H20N4O. The molecule has 0 bridgehead atoms. The fourth-order valence-electron chi connectivity index (χ4n) is 3.25. The Hall–Kier alpha value is -1.49. The van der Waals surface area contributed by atoms with Crippen molar-refractivity contribution in [2.75, 3.05) is 13.1 Å². The van der Waals surface area contributed by atoms with Crippen molar-refractivity contribution in [2.45, 2.75) is 44.2 Å². The zero-order valence-corrected chi connectivity index (χ0v) is 11.1. The molecule has 5 heteroatoms. The van der Waals surface area contributed by atoms with E-state index in [2.05, 4.69) is 15.5 Å². The van der Waals surface area contributed by atoms with Crippen LogP contribution in [-0.2, 0) is 0 Å². The van der Waals surface area contributed by atoms with Crippen LogP contribution in [0.2, 0.25) is 0 Å². The Kier molecular flexibility index (Phi) is 3.73. The Morgan fingerprint density at radius 1 is 1.26 bits per heavy atom. The van der Waals surface area contributed by atoms with Gasteiger partial charge in [0.05, 0.1) is 18.0 Å². The summed E-state index contributed by atoms with van der Waals surface area (Å²) >= 11 is 0. The van der Waals surface area contributed by atoms with Crippen LogP contribution in [0.1, 0.15) is 42.5 Å². The van der Waals surface area contributed by atoms with Gasteiger partial charge in [-0.05, 0) is 44.7 Å². The summed E-state index contributed by atoms with van der Waals surface area (Å²) in [6, 6.07) is 2.57. The molecule has 2 fully saturated rings. The summed E-state index contributed by atoms with van der Waals surface area (Å²) in [6.07, 6.45) is 9.00. The van der Waals surface area contributed by atoms with Crippen molar-refractivity contribution in [3.05, 3.63) is 24.0 Å². The minimum absolute atomic E-state index is 0.105. The fourth-order valence-corrected chi connectivity index (χ4v) is 3.25. The molecule has 0 radical (unpaired) electrons. The first-order valence-electron chi connectivity index (χ1n) is 7.17. The van der Waals surface area contributed by atoms with Crippen molar-refractivity contribution >= 4 is 5.91 Å². The summed E-state index contributed by atoms with van der Waals surface area (Å²) in [5.74, 6) is 0.105. The van der Waals surface area contributed by atoms with Gasteiger partial charge >= 0.3 is 0 Å². The zero-order valence-electron chi connectivity index (χ0n) is 11.1. The highest BCUT2D eigenvalue weighted by Gasteiger charge is 2.34. The van der Waals surface area contributed by atoms with E-state index in [4.69, 9.17) is 0 Å². The highest BCUT2D eigenvalue weighted by Crippen LogP contribution is 2.25. The lowest BCUT2D eigenvalue weighted by molar-refractivity contribution is 0.0563. The van der Waals surface area contributed by atoms with Crippen molar-refractivity contribution in [2.24, 2.45) is 0 Å². The molecule has 3 rings (SSSR count). The Morgan fingerprint density at radius 3 is 2.95 bits per heavy atom. The van der Waals surface area contributed by atoms with Crippen molar-refractivity contribution < 1.29 is 4.79 Å². The Morgan fingerprint density at radius 2 is 2.21 bits per heavy atom. The van der Waals surface area contributed by atoms with E-state index >= 15 is 0 Å². The van der Waals surface area contributed by atoms with Crippen LogP contribution in [0.25, 0.3) is 0 Å². The molecule has 1 aromatic heterocycles. The lowest BCUT2D eigenvalue weighted by atomic mass is 9.94. The number of nitrogens with one attached hydrogen (secondary N) is 1. The van der Waals surface area contributed by atoms with Gasteiger partial charge in [-0.15, -0.1) is 0 Å². The van der Waals surface area contributed by atoms with E-state index < -0.39 is 0 Å². The minimum atomic E-state index is 0.105. The molecule has 2 aliphatic rings. The Balaban J connectivity index is 1.78. The number of aromatic nitrogens is 2. The summed E-state index contributed by atoms with van der Waals surface area (Å²) in [6.45, 7) is 1.95. The number of likely N-dealkylation sites (tertiary alicyclic amines) is 1. The highest BCUT2D eigenvalue weighted by atomic mass is 16.2. The molecule has 1 amide bonds. The molecule has 1 aromatic rings. The predicted molar refractivity (Wildman–Crippen MR) is 71.7 cm³/mol. The standard InChI is InChI=1S/C14H20N4O/c19-14(11-6-8-16-17-10-11)18-9-2-1-5-13(18)12-4-3-7-15-12/h6,8,10,12-13,15H,1-5,7,9H2. The van der Waals surface area contributed by atoms with Gasteiger partial charge in [-0.2, -0.15) is 10.2 Å². The molecule has 1 N–H and O–H groups in total. The molecule has 2 unspecified atom stereocenters. The lowest BCUT2D eigenvalue weighted by Crippen LogP contribution is -2.52. The van der Waals surface area contributed by atoms with E-state index in [0.717, 1.165) is 25.9 Å². The summed E-state index contributed by atoms with van der Waals surface area (Å²) in [7, 11) is 0. The second-order valence-corrected chi connectivity index (χ2v) is 5.40. The quantitative estimate of drug-likeness (QED) is 0.868. The smallest absolute Gasteiger partial charge is 0.255 e. The van der Waals surface area contributed by atoms with Crippen molar-refractivity contribution in [1.82, 2.24) is 20.4 Å². The van der Waals surface area contributed by atoms with Gasteiger partial charge in [-0.1, -0.05) is 0 Å². The van der Waals surface area contributed by atoms with Crippen molar-refractivity contribution in [3.8, 4) is 0 Å². The molecule has 2 atom stereocenters. The predicted octanol–water partition coefficient (Wildman–Crippen LogP) is 1.22. The third-order valence-corrected chi connectivity index (χ3v) is 4.20. The number of rotatable bonds is 2. The molecule has 5 nitrogen and oxygen atoms in total. The van der Waals surface area contributed by atoms with Crippen LogP contribution in [0.15, 0.2) is 18.5 Å². The van der Waals surface area contributed by atoms with Gasteiger partial charge in [-0.3, -0.25) is 4.79 Å². The maximum Gasteiger partial charge on any atom is 0.255 e. The molecule has 0 aromatic carbocycles. The second kappa shape index (κ2) is 5.65. The van der Waals surface area contributed by atoms with E-state index in [0.29, 0.717) is 17.6 Å². The van der Waals surface area contributed by atoms with Gasteiger partial charge in [0.15, 0.2) is 0 Å². The fraction of sp³-hybridized carbons (Fsp3) is 0.643. The normalized spacial score (nSPS) is 27.5. The first-order valence-corrected chi connectivity index (χ1v) is 7.17. The monoisotopic (exact) mass is 260 g/mol. The van der Waals surface area contributed by atoms with Crippen LogP contribution >= 0.6 is 0 Å². The van der Waals surface area contributed by atoms with Crippen molar-refractivity contribution in [3.63, 3.8) is 0 Å². The molecule has 3 heterocycles. The third kappa shape index (κ3) is 2.61. The minimum Gasteiger partial charge on any atom is -0.334 e. The lowest BCUT2D eigenvalue weighted by Gasteiger charge is -2.39. The van der Waals surface area contributed by atoms with Crippen LogP contribution in [0, 0.1) is 0 Å². The van der Waals surface area contributed by atoms with Crippen LogP contribution in [0.4, 0.5) is 0 Å². The number of hydrogen-bond acceptors (Lipinski definition) is 4. The van der Waals surface area contributed by atoms with Gasteiger partial charge in [0.1, 0.15) is 0 Å². The Labute approximate surface area is 113 Å². The Bertz CT molecular complexity index is 430. The first-order chi connectivity index (χ1) is 9.36. The van der Waals surface area contributed by atoms with Crippen LogP contribution in [0.3, 0.4) is 0 Å². The summed E-state index contributed by atoms with van der Waals surface area (Å²) in [4.78, 5) is 14.6. The SMILES string of the molecule is O=C(c1ccnnc1)N1CCCCC1C1CCCN1. The van der Waals surface area contributed by atoms with Crippen LogP contribution in [0.5, 0.6) is 0 Å². The first kappa shape index (κ1) is 12.5. The summed E-state index contributed by atoms with van der Waals surface area (Å²) in [5, 5.41) is 11.1. The second-order valence-electron chi connectivity index (χ2n) is 5.40.